The number of carbonyl (C=O) groups excluding carboxylic acids is 1. The number of hydrogen-bond acceptors (Lipinski definition) is 4. The maximum absolute atomic E-state index is 13.0. The van der Waals surface area contributed by atoms with Crippen molar-refractivity contribution in [3.05, 3.63) is 59.2 Å². The molecule has 5 nitrogen and oxygen atoms in total. The fourth-order valence-corrected chi connectivity index (χ4v) is 2.49. The van der Waals surface area contributed by atoms with Gasteiger partial charge in [0.15, 0.2) is 18.1 Å². The van der Waals surface area contributed by atoms with Gasteiger partial charge in [0.25, 0.3) is 5.91 Å². The van der Waals surface area contributed by atoms with Gasteiger partial charge in [-0.25, -0.2) is 0 Å². The molecule has 0 spiro atoms. The van der Waals surface area contributed by atoms with Gasteiger partial charge >= 0.3 is 6.18 Å². The molecule has 150 valence electrons. The van der Waals surface area contributed by atoms with E-state index in [4.69, 9.17) is 15.2 Å². The zero-order chi connectivity index (χ0) is 20.7. The number of alkyl halides is 3. The van der Waals surface area contributed by atoms with Gasteiger partial charge < -0.3 is 20.5 Å². The van der Waals surface area contributed by atoms with E-state index in [0.717, 1.165) is 17.7 Å². The summed E-state index contributed by atoms with van der Waals surface area (Å²) in [6, 6.07) is 8.37. The lowest BCUT2D eigenvalue weighted by atomic mass is 10.1. The van der Waals surface area contributed by atoms with Crippen LogP contribution in [-0.2, 0) is 17.5 Å². The molecule has 0 heterocycles. The monoisotopic (exact) mass is 394 g/mol. The first kappa shape index (κ1) is 21.3. The summed E-state index contributed by atoms with van der Waals surface area (Å²) in [5.41, 5.74) is 5.71. The van der Waals surface area contributed by atoms with Crippen LogP contribution in [0.15, 0.2) is 42.5 Å². The third-order valence-electron chi connectivity index (χ3n) is 3.75. The van der Waals surface area contributed by atoms with E-state index in [-0.39, 0.29) is 17.8 Å². The van der Waals surface area contributed by atoms with Crippen molar-refractivity contribution in [2.75, 3.05) is 19.0 Å². The second kappa shape index (κ2) is 9.27. The van der Waals surface area contributed by atoms with Crippen LogP contribution in [0.4, 0.5) is 18.9 Å². The van der Waals surface area contributed by atoms with E-state index in [1.165, 1.54) is 13.2 Å². The van der Waals surface area contributed by atoms with Crippen molar-refractivity contribution in [2.45, 2.75) is 19.6 Å². The number of nitrogens with one attached hydrogen (secondary N) is 1. The van der Waals surface area contributed by atoms with Crippen molar-refractivity contribution in [1.29, 1.82) is 0 Å². The molecule has 0 aliphatic carbocycles. The molecule has 28 heavy (non-hydrogen) atoms. The highest BCUT2D eigenvalue weighted by atomic mass is 19.4. The predicted molar refractivity (Wildman–Crippen MR) is 101 cm³/mol. The van der Waals surface area contributed by atoms with Crippen LogP contribution in [0.5, 0.6) is 11.5 Å². The van der Waals surface area contributed by atoms with Crippen LogP contribution >= 0.6 is 0 Å². The number of methoxy groups -OCH3 is 1. The highest BCUT2D eigenvalue weighted by Crippen LogP contribution is 2.32. The van der Waals surface area contributed by atoms with Crippen molar-refractivity contribution in [3.63, 3.8) is 0 Å². The van der Waals surface area contributed by atoms with Crippen LogP contribution in [0.3, 0.4) is 0 Å². The molecule has 2 aromatic carbocycles. The Morgan fingerprint density at radius 3 is 2.54 bits per heavy atom. The Hall–Kier alpha value is -3.00. The number of rotatable bonds is 7. The Balaban J connectivity index is 2.09. The number of halogens is 3. The van der Waals surface area contributed by atoms with Crippen molar-refractivity contribution in [1.82, 2.24) is 0 Å². The highest BCUT2D eigenvalue weighted by Gasteiger charge is 2.31. The smallest absolute Gasteiger partial charge is 0.416 e. The molecule has 0 aromatic heterocycles. The number of nitrogens with two attached hydrogens (primary N) is 1. The molecule has 2 aromatic rings. The van der Waals surface area contributed by atoms with Gasteiger partial charge in [-0.2, -0.15) is 13.2 Å². The number of ether oxygens (including phenoxy) is 2. The number of amides is 1. The van der Waals surface area contributed by atoms with E-state index in [2.05, 4.69) is 5.32 Å². The van der Waals surface area contributed by atoms with E-state index in [9.17, 15) is 18.0 Å². The largest absolute Gasteiger partial charge is 0.493 e. The minimum atomic E-state index is -4.54. The summed E-state index contributed by atoms with van der Waals surface area (Å²) in [5, 5.41) is 2.40. The molecule has 2 rings (SSSR count). The molecule has 0 unspecified atom stereocenters. The topological polar surface area (TPSA) is 73.6 Å². The lowest BCUT2D eigenvalue weighted by molar-refractivity contribution is -0.137. The molecule has 0 bridgehead atoms. The Morgan fingerprint density at radius 2 is 1.93 bits per heavy atom. The fraction of sp³-hybridized carbons (Fsp3) is 0.250. The lowest BCUT2D eigenvalue weighted by Gasteiger charge is -2.14. The Morgan fingerprint density at radius 1 is 1.18 bits per heavy atom. The minimum Gasteiger partial charge on any atom is -0.493 e. The van der Waals surface area contributed by atoms with Gasteiger partial charge in [-0.3, -0.25) is 4.79 Å². The number of anilines is 1. The third kappa shape index (κ3) is 5.75. The molecule has 0 aliphatic rings. The van der Waals surface area contributed by atoms with Gasteiger partial charge in [0.2, 0.25) is 0 Å². The molecule has 8 heteroatoms. The quantitative estimate of drug-likeness (QED) is 0.737. The summed E-state index contributed by atoms with van der Waals surface area (Å²) in [6.45, 7) is 1.40. The molecule has 0 saturated carbocycles. The van der Waals surface area contributed by atoms with Crippen molar-refractivity contribution >= 4 is 17.7 Å². The van der Waals surface area contributed by atoms with Gasteiger partial charge in [-0.15, -0.1) is 0 Å². The second-order valence-corrected chi connectivity index (χ2v) is 5.87. The SMILES string of the molecule is C/C=C/c1ccc(OCC(=O)Nc2cc(CN)cc(C(F)(F)F)c2)c(OC)c1. The number of allylic oxidation sites excluding steroid dienone is 1. The summed E-state index contributed by atoms with van der Waals surface area (Å²) in [5.74, 6) is 0.173. The maximum Gasteiger partial charge on any atom is 0.416 e. The minimum absolute atomic E-state index is 0.000675. The zero-order valence-electron chi connectivity index (χ0n) is 15.5. The predicted octanol–water partition coefficient (Wildman–Crippen LogP) is 4.22. The Kier molecular flexibility index (Phi) is 7.06. The first-order chi connectivity index (χ1) is 13.3. The lowest BCUT2D eigenvalue weighted by Crippen LogP contribution is -2.21. The van der Waals surface area contributed by atoms with E-state index < -0.39 is 24.3 Å². The summed E-state index contributed by atoms with van der Waals surface area (Å²) in [7, 11) is 1.47. The van der Waals surface area contributed by atoms with Crippen LogP contribution in [0.25, 0.3) is 6.08 Å². The molecule has 0 fully saturated rings. The van der Waals surface area contributed by atoms with E-state index >= 15 is 0 Å². The molecule has 3 N–H and O–H groups in total. The standard InChI is InChI=1S/C20H21F3N2O3/c1-3-4-13-5-6-17(18(9-13)27-2)28-12-19(26)25-16-8-14(11-24)7-15(10-16)20(21,22)23/h3-10H,11-12,24H2,1-2H3,(H,25,26)/b4-3+. The molecule has 0 saturated heterocycles. The van der Waals surface area contributed by atoms with E-state index in [1.54, 1.807) is 18.2 Å². The van der Waals surface area contributed by atoms with Crippen molar-refractivity contribution in [3.8, 4) is 11.5 Å². The van der Waals surface area contributed by atoms with Gasteiger partial charge in [0, 0.05) is 12.2 Å². The van der Waals surface area contributed by atoms with Crippen LogP contribution in [-0.4, -0.2) is 19.6 Å². The molecular weight excluding hydrogens is 373 g/mol. The second-order valence-electron chi connectivity index (χ2n) is 5.87. The first-order valence-corrected chi connectivity index (χ1v) is 8.41. The van der Waals surface area contributed by atoms with Gasteiger partial charge in [0.05, 0.1) is 12.7 Å². The van der Waals surface area contributed by atoms with Crippen molar-refractivity contribution < 1.29 is 27.4 Å². The average Bonchev–Trinajstić information content (AvgIpc) is 2.66. The van der Waals surface area contributed by atoms with E-state index in [0.29, 0.717) is 11.5 Å². The zero-order valence-corrected chi connectivity index (χ0v) is 15.5. The molecule has 0 aliphatic heterocycles. The highest BCUT2D eigenvalue weighted by molar-refractivity contribution is 5.92. The summed E-state index contributed by atoms with van der Waals surface area (Å²) >= 11 is 0. The van der Waals surface area contributed by atoms with Crippen molar-refractivity contribution in [2.24, 2.45) is 5.73 Å². The molecule has 0 atom stereocenters. The van der Waals surface area contributed by atoms with Gasteiger partial charge in [0.1, 0.15) is 0 Å². The van der Waals surface area contributed by atoms with Crippen LogP contribution in [0.2, 0.25) is 0 Å². The molecule has 0 radical (unpaired) electrons. The fourth-order valence-electron chi connectivity index (χ4n) is 2.49. The van der Waals surface area contributed by atoms with Gasteiger partial charge in [-0.1, -0.05) is 18.2 Å². The molecule has 1 amide bonds. The third-order valence-corrected chi connectivity index (χ3v) is 3.75. The first-order valence-electron chi connectivity index (χ1n) is 8.41. The Labute approximate surface area is 160 Å². The average molecular weight is 394 g/mol. The van der Waals surface area contributed by atoms with Crippen LogP contribution < -0.4 is 20.5 Å². The summed E-state index contributed by atoms with van der Waals surface area (Å²) < 4.78 is 49.6. The number of hydrogen-bond donors (Lipinski definition) is 2. The molecular formula is C20H21F3N2O3. The number of carbonyl (C=O) groups is 1. The number of benzene rings is 2. The van der Waals surface area contributed by atoms with Crippen LogP contribution in [0.1, 0.15) is 23.6 Å². The Bertz CT molecular complexity index is 864. The normalized spacial score (nSPS) is 11.5. The van der Waals surface area contributed by atoms with Crippen LogP contribution in [0, 0.1) is 0 Å². The summed E-state index contributed by atoms with van der Waals surface area (Å²) in [4.78, 5) is 12.1. The summed E-state index contributed by atoms with van der Waals surface area (Å²) in [6.07, 6.45) is -0.793. The van der Waals surface area contributed by atoms with Gasteiger partial charge in [-0.05, 0) is 48.4 Å². The maximum atomic E-state index is 13.0. The van der Waals surface area contributed by atoms with E-state index in [1.807, 2.05) is 19.1 Å².